The van der Waals surface area contributed by atoms with Crippen molar-refractivity contribution in [1.82, 2.24) is 0 Å². The molecule has 0 aliphatic rings. The van der Waals surface area contributed by atoms with Gasteiger partial charge in [-0.15, -0.1) is 0 Å². The molecule has 3 rings (SSSR count). The van der Waals surface area contributed by atoms with E-state index >= 15 is 0 Å². The molecule has 0 atom stereocenters. The quantitative estimate of drug-likeness (QED) is 0.712. The molecule has 0 unspecified atom stereocenters. The van der Waals surface area contributed by atoms with Crippen LogP contribution in [0.15, 0.2) is 84.9 Å². The highest BCUT2D eigenvalue weighted by molar-refractivity contribution is 5.95. The number of hydrogen-bond donors (Lipinski definition) is 1. The topological polar surface area (TPSA) is 38.3 Å². The summed E-state index contributed by atoms with van der Waals surface area (Å²) < 4.78 is 5.57. The lowest BCUT2D eigenvalue weighted by molar-refractivity contribution is -0.116. The van der Waals surface area contributed by atoms with E-state index < -0.39 is 0 Å². The minimum absolute atomic E-state index is 0.0608. The average molecular weight is 317 g/mol. The van der Waals surface area contributed by atoms with Crippen LogP contribution < -0.4 is 10.1 Å². The number of para-hydroxylation sites is 2. The molecule has 1 N–H and O–H groups in total. The number of benzene rings is 3. The van der Waals surface area contributed by atoms with Crippen LogP contribution in [0, 0.1) is 0 Å². The first-order valence-electron chi connectivity index (χ1n) is 7.95. The SMILES string of the molecule is O=C(CCOc1ccccc1)Nc1ccccc1-c1ccccc1. The number of rotatable bonds is 6. The second kappa shape index (κ2) is 7.97. The highest BCUT2D eigenvalue weighted by atomic mass is 16.5. The summed E-state index contributed by atoms with van der Waals surface area (Å²) in [6.45, 7) is 0.351. The molecule has 0 saturated carbocycles. The summed E-state index contributed by atoms with van der Waals surface area (Å²) in [6.07, 6.45) is 0.304. The Hall–Kier alpha value is -3.07. The number of nitrogens with one attached hydrogen (secondary N) is 1. The van der Waals surface area contributed by atoms with E-state index in [9.17, 15) is 4.79 Å². The molecule has 0 radical (unpaired) electrons. The Morgan fingerprint density at radius 1 is 0.792 bits per heavy atom. The maximum atomic E-state index is 12.2. The van der Waals surface area contributed by atoms with Gasteiger partial charge in [0.05, 0.1) is 13.0 Å². The Labute approximate surface area is 141 Å². The van der Waals surface area contributed by atoms with E-state index in [4.69, 9.17) is 4.74 Å². The van der Waals surface area contributed by atoms with Gasteiger partial charge in [-0.05, 0) is 23.8 Å². The van der Waals surface area contributed by atoms with Crippen molar-refractivity contribution in [3.05, 3.63) is 84.9 Å². The minimum Gasteiger partial charge on any atom is -0.493 e. The lowest BCUT2D eigenvalue weighted by Crippen LogP contribution is -2.15. The van der Waals surface area contributed by atoms with E-state index in [1.165, 1.54) is 0 Å². The molecule has 24 heavy (non-hydrogen) atoms. The van der Waals surface area contributed by atoms with Crippen LogP contribution >= 0.6 is 0 Å². The normalized spacial score (nSPS) is 10.2. The average Bonchev–Trinajstić information content (AvgIpc) is 2.64. The zero-order chi connectivity index (χ0) is 16.6. The number of anilines is 1. The van der Waals surface area contributed by atoms with Gasteiger partial charge in [0.25, 0.3) is 0 Å². The molecule has 0 fully saturated rings. The Morgan fingerprint density at radius 3 is 2.17 bits per heavy atom. The van der Waals surface area contributed by atoms with Gasteiger partial charge in [-0.2, -0.15) is 0 Å². The van der Waals surface area contributed by atoms with Gasteiger partial charge >= 0.3 is 0 Å². The third-order valence-electron chi connectivity index (χ3n) is 3.63. The van der Waals surface area contributed by atoms with Gasteiger partial charge in [0.2, 0.25) is 5.91 Å². The molecule has 0 aliphatic heterocycles. The molecule has 3 aromatic carbocycles. The van der Waals surface area contributed by atoms with E-state index in [2.05, 4.69) is 5.32 Å². The highest BCUT2D eigenvalue weighted by Gasteiger charge is 2.08. The van der Waals surface area contributed by atoms with E-state index in [-0.39, 0.29) is 5.91 Å². The molecular weight excluding hydrogens is 298 g/mol. The second-order valence-electron chi connectivity index (χ2n) is 5.37. The van der Waals surface area contributed by atoms with Gasteiger partial charge in [0.15, 0.2) is 0 Å². The van der Waals surface area contributed by atoms with Crippen LogP contribution in [0.4, 0.5) is 5.69 Å². The van der Waals surface area contributed by atoms with Crippen molar-refractivity contribution in [2.45, 2.75) is 6.42 Å². The number of carbonyl (C=O) groups excluding carboxylic acids is 1. The summed E-state index contributed by atoms with van der Waals surface area (Å²) in [6, 6.07) is 27.3. The molecule has 3 nitrogen and oxygen atoms in total. The number of carbonyl (C=O) groups is 1. The summed E-state index contributed by atoms with van der Waals surface area (Å²) in [4.78, 5) is 12.2. The molecule has 3 heteroatoms. The predicted molar refractivity (Wildman–Crippen MR) is 97.1 cm³/mol. The molecular formula is C21H19NO2. The number of ether oxygens (including phenoxy) is 1. The van der Waals surface area contributed by atoms with Crippen molar-refractivity contribution in [1.29, 1.82) is 0 Å². The van der Waals surface area contributed by atoms with E-state index in [0.29, 0.717) is 13.0 Å². The molecule has 0 bridgehead atoms. The van der Waals surface area contributed by atoms with Gasteiger partial charge in [-0.3, -0.25) is 4.79 Å². The first-order valence-corrected chi connectivity index (χ1v) is 7.95. The molecule has 3 aromatic rings. The van der Waals surface area contributed by atoms with Crippen LogP contribution in [-0.4, -0.2) is 12.5 Å². The highest BCUT2D eigenvalue weighted by Crippen LogP contribution is 2.27. The van der Waals surface area contributed by atoms with E-state index in [1.54, 1.807) is 0 Å². The van der Waals surface area contributed by atoms with Crippen LogP contribution in [0.2, 0.25) is 0 Å². The third kappa shape index (κ3) is 4.23. The summed E-state index contributed by atoms with van der Waals surface area (Å²) in [5, 5.41) is 2.98. The molecule has 0 spiro atoms. The van der Waals surface area contributed by atoms with Gasteiger partial charge in [0.1, 0.15) is 5.75 Å². The zero-order valence-corrected chi connectivity index (χ0v) is 13.3. The molecule has 0 heterocycles. The molecule has 0 saturated heterocycles. The van der Waals surface area contributed by atoms with Crippen molar-refractivity contribution < 1.29 is 9.53 Å². The molecule has 0 aromatic heterocycles. The van der Waals surface area contributed by atoms with Crippen LogP contribution in [-0.2, 0) is 4.79 Å². The van der Waals surface area contributed by atoms with E-state index in [0.717, 1.165) is 22.6 Å². The Balaban J connectivity index is 1.61. The van der Waals surface area contributed by atoms with Crippen LogP contribution in [0.1, 0.15) is 6.42 Å². The standard InChI is InChI=1S/C21H19NO2/c23-21(15-16-24-18-11-5-2-6-12-18)22-20-14-8-7-13-19(20)17-9-3-1-4-10-17/h1-14H,15-16H2,(H,22,23). The van der Waals surface area contributed by atoms with Crippen molar-refractivity contribution in [3.8, 4) is 16.9 Å². The van der Waals surface area contributed by atoms with Crippen LogP contribution in [0.25, 0.3) is 11.1 Å². The van der Waals surface area contributed by atoms with E-state index in [1.807, 2.05) is 84.9 Å². The lowest BCUT2D eigenvalue weighted by Gasteiger charge is -2.11. The Kier molecular flexibility index (Phi) is 5.25. The summed E-state index contributed by atoms with van der Waals surface area (Å²) in [7, 11) is 0. The summed E-state index contributed by atoms with van der Waals surface area (Å²) in [5.41, 5.74) is 2.90. The fraction of sp³-hybridized carbons (Fsp3) is 0.0952. The molecule has 1 amide bonds. The van der Waals surface area contributed by atoms with Gasteiger partial charge < -0.3 is 10.1 Å². The predicted octanol–water partition coefficient (Wildman–Crippen LogP) is 4.76. The Morgan fingerprint density at radius 2 is 1.42 bits per heavy atom. The molecule has 0 aliphatic carbocycles. The smallest absolute Gasteiger partial charge is 0.227 e. The number of hydrogen-bond acceptors (Lipinski definition) is 2. The summed E-state index contributed by atoms with van der Waals surface area (Å²) >= 11 is 0. The monoisotopic (exact) mass is 317 g/mol. The number of amides is 1. The Bertz CT molecular complexity index is 785. The fourth-order valence-electron chi connectivity index (χ4n) is 2.45. The fourth-order valence-corrected chi connectivity index (χ4v) is 2.45. The van der Waals surface area contributed by atoms with Crippen molar-refractivity contribution in [2.75, 3.05) is 11.9 Å². The van der Waals surface area contributed by atoms with Gasteiger partial charge in [0, 0.05) is 11.3 Å². The van der Waals surface area contributed by atoms with Crippen LogP contribution in [0.5, 0.6) is 5.75 Å². The van der Waals surface area contributed by atoms with Gasteiger partial charge in [-0.25, -0.2) is 0 Å². The minimum atomic E-state index is -0.0608. The maximum absolute atomic E-state index is 12.2. The molecule has 120 valence electrons. The third-order valence-corrected chi connectivity index (χ3v) is 3.63. The maximum Gasteiger partial charge on any atom is 0.227 e. The first-order chi connectivity index (χ1) is 11.8. The van der Waals surface area contributed by atoms with Crippen molar-refractivity contribution in [3.63, 3.8) is 0 Å². The largest absolute Gasteiger partial charge is 0.493 e. The van der Waals surface area contributed by atoms with Gasteiger partial charge in [-0.1, -0.05) is 66.7 Å². The first kappa shape index (κ1) is 15.8. The zero-order valence-electron chi connectivity index (χ0n) is 13.3. The lowest BCUT2D eigenvalue weighted by atomic mass is 10.0. The van der Waals surface area contributed by atoms with Crippen molar-refractivity contribution >= 4 is 11.6 Å². The van der Waals surface area contributed by atoms with Crippen LogP contribution in [0.3, 0.4) is 0 Å². The summed E-state index contributed by atoms with van der Waals surface area (Å²) in [5.74, 6) is 0.712. The second-order valence-corrected chi connectivity index (χ2v) is 5.37. The van der Waals surface area contributed by atoms with Crippen molar-refractivity contribution in [2.24, 2.45) is 0 Å².